The van der Waals surface area contributed by atoms with Gasteiger partial charge in [-0.15, -0.1) is 0 Å². The highest BCUT2D eigenvalue weighted by Crippen LogP contribution is 2.27. The quantitative estimate of drug-likeness (QED) is 0.834. The molecule has 0 bridgehead atoms. The summed E-state index contributed by atoms with van der Waals surface area (Å²) in [5, 5.41) is 0.803. The van der Waals surface area contributed by atoms with Gasteiger partial charge in [-0.1, -0.05) is 18.5 Å². The molecule has 0 fully saturated rings. The molecule has 0 aliphatic heterocycles. The summed E-state index contributed by atoms with van der Waals surface area (Å²) in [7, 11) is 1.67. The molecule has 0 saturated carbocycles. The molecule has 1 aromatic rings. The normalized spacial score (nSPS) is 10.3. The Balaban J connectivity index is 3.10. The van der Waals surface area contributed by atoms with Crippen LogP contribution in [0.25, 0.3) is 0 Å². The fraction of sp³-hybridized carbons (Fsp3) is 0.455. The summed E-state index contributed by atoms with van der Waals surface area (Å²) in [4.78, 5) is 0. The van der Waals surface area contributed by atoms with Crippen LogP contribution in [0.1, 0.15) is 18.1 Å². The van der Waals surface area contributed by atoms with Crippen LogP contribution in [0.15, 0.2) is 12.1 Å². The zero-order valence-electron chi connectivity index (χ0n) is 8.64. The van der Waals surface area contributed by atoms with E-state index in [0.29, 0.717) is 6.54 Å². The summed E-state index contributed by atoms with van der Waals surface area (Å²) in [6, 6.07) is 3.94. The average Bonchev–Trinajstić information content (AvgIpc) is 2.19. The number of hydrogen-bond acceptors (Lipinski definition) is 2. The van der Waals surface area contributed by atoms with Crippen molar-refractivity contribution in [2.45, 2.75) is 19.8 Å². The fourth-order valence-electron chi connectivity index (χ4n) is 1.45. The van der Waals surface area contributed by atoms with Gasteiger partial charge in [-0.2, -0.15) is 0 Å². The molecule has 0 aliphatic carbocycles. The van der Waals surface area contributed by atoms with E-state index in [1.165, 1.54) is 0 Å². The first-order valence-electron chi connectivity index (χ1n) is 4.78. The Bertz CT molecular complexity index is 312. The highest BCUT2D eigenvalue weighted by Gasteiger charge is 2.07. The van der Waals surface area contributed by atoms with Crippen molar-refractivity contribution in [3.05, 3.63) is 28.3 Å². The second kappa shape index (κ2) is 5.23. The zero-order valence-corrected chi connectivity index (χ0v) is 9.40. The average molecular weight is 214 g/mol. The molecule has 0 unspecified atom stereocenters. The summed E-state index contributed by atoms with van der Waals surface area (Å²) in [5.41, 5.74) is 7.70. The second-order valence-corrected chi connectivity index (χ2v) is 3.55. The minimum atomic E-state index is 0.609. The van der Waals surface area contributed by atoms with E-state index in [1.807, 2.05) is 12.1 Å². The molecule has 0 spiro atoms. The van der Waals surface area contributed by atoms with Crippen LogP contribution < -0.4 is 10.5 Å². The molecule has 0 aliphatic rings. The number of benzene rings is 1. The van der Waals surface area contributed by atoms with Gasteiger partial charge in [0.15, 0.2) is 0 Å². The van der Waals surface area contributed by atoms with Gasteiger partial charge in [0, 0.05) is 5.02 Å². The molecule has 1 rings (SSSR count). The van der Waals surface area contributed by atoms with Crippen LogP contribution in [-0.4, -0.2) is 13.7 Å². The largest absolute Gasteiger partial charge is 0.496 e. The summed E-state index contributed by atoms with van der Waals surface area (Å²) < 4.78 is 5.28. The molecule has 2 nitrogen and oxygen atoms in total. The first-order valence-corrected chi connectivity index (χ1v) is 5.16. The van der Waals surface area contributed by atoms with Crippen LogP contribution in [0.3, 0.4) is 0 Å². The first kappa shape index (κ1) is 11.3. The number of hydrogen-bond donors (Lipinski definition) is 1. The maximum absolute atomic E-state index is 6.10. The predicted octanol–water partition coefficient (Wildman–Crippen LogP) is 2.41. The van der Waals surface area contributed by atoms with Crippen molar-refractivity contribution < 1.29 is 4.74 Å². The molecule has 0 saturated heterocycles. The van der Waals surface area contributed by atoms with Gasteiger partial charge in [0.05, 0.1) is 7.11 Å². The van der Waals surface area contributed by atoms with E-state index < -0.39 is 0 Å². The molecular weight excluding hydrogens is 198 g/mol. The van der Waals surface area contributed by atoms with Crippen LogP contribution in [0.2, 0.25) is 5.02 Å². The highest BCUT2D eigenvalue weighted by molar-refractivity contribution is 6.31. The van der Waals surface area contributed by atoms with E-state index in [0.717, 1.165) is 34.7 Å². The minimum absolute atomic E-state index is 0.609. The van der Waals surface area contributed by atoms with Gasteiger partial charge in [-0.3, -0.25) is 0 Å². The molecule has 0 heterocycles. The third-order valence-corrected chi connectivity index (χ3v) is 2.60. The van der Waals surface area contributed by atoms with E-state index in [-0.39, 0.29) is 0 Å². The van der Waals surface area contributed by atoms with Crippen molar-refractivity contribution in [1.29, 1.82) is 0 Å². The number of halogens is 1. The monoisotopic (exact) mass is 213 g/mol. The van der Waals surface area contributed by atoms with Gasteiger partial charge >= 0.3 is 0 Å². The van der Waals surface area contributed by atoms with Crippen LogP contribution in [-0.2, 0) is 12.8 Å². The molecule has 0 amide bonds. The Labute approximate surface area is 90.0 Å². The van der Waals surface area contributed by atoms with E-state index in [9.17, 15) is 0 Å². The molecule has 78 valence electrons. The maximum atomic E-state index is 6.10. The SMILES string of the molecule is CCc1cc(OC)c(CCN)cc1Cl. The molecule has 0 radical (unpaired) electrons. The van der Waals surface area contributed by atoms with Crippen LogP contribution in [0, 0.1) is 0 Å². The van der Waals surface area contributed by atoms with E-state index in [1.54, 1.807) is 7.11 Å². The van der Waals surface area contributed by atoms with Crippen molar-refractivity contribution in [2.24, 2.45) is 5.73 Å². The molecule has 14 heavy (non-hydrogen) atoms. The third-order valence-electron chi connectivity index (χ3n) is 2.24. The summed E-state index contributed by atoms with van der Waals surface area (Å²) in [6.07, 6.45) is 1.71. The summed E-state index contributed by atoms with van der Waals surface area (Å²) in [6.45, 7) is 2.68. The Morgan fingerprint density at radius 2 is 2.07 bits per heavy atom. The lowest BCUT2D eigenvalue weighted by Crippen LogP contribution is -2.04. The lowest BCUT2D eigenvalue weighted by atomic mass is 10.1. The Morgan fingerprint density at radius 1 is 1.36 bits per heavy atom. The number of nitrogens with two attached hydrogens (primary N) is 1. The Kier molecular flexibility index (Phi) is 4.23. The standard InChI is InChI=1S/C11H16ClNO/c1-3-8-7-11(14-2)9(4-5-13)6-10(8)12/h6-7H,3-5,13H2,1-2H3. The molecule has 0 aromatic heterocycles. The van der Waals surface area contributed by atoms with Gasteiger partial charge < -0.3 is 10.5 Å². The zero-order chi connectivity index (χ0) is 10.6. The smallest absolute Gasteiger partial charge is 0.122 e. The Hall–Kier alpha value is -0.730. The molecular formula is C11H16ClNO. The van der Waals surface area contributed by atoms with Crippen molar-refractivity contribution in [3.8, 4) is 5.75 Å². The lowest BCUT2D eigenvalue weighted by molar-refractivity contribution is 0.409. The highest BCUT2D eigenvalue weighted by atomic mass is 35.5. The van der Waals surface area contributed by atoms with E-state index in [2.05, 4.69) is 6.92 Å². The molecule has 0 atom stereocenters. The van der Waals surface area contributed by atoms with Gasteiger partial charge in [0.1, 0.15) is 5.75 Å². The summed E-state index contributed by atoms with van der Waals surface area (Å²) in [5.74, 6) is 0.886. The maximum Gasteiger partial charge on any atom is 0.122 e. The lowest BCUT2D eigenvalue weighted by Gasteiger charge is -2.11. The topological polar surface area (TPSA) is 35.2 Å². The van der Waals surface area contributed by atoms with Gasteiger partial charge in [-0.05, 0) is 42.6 Å². The predicted molar refractivity (Wildman–Crippen MR) is 60.1 cm³/mol. The molecule has 1 aromatic carbocycles. The Morgan fingerprint density at radius 3 is 2.57 bits per heavy atom. The number of ether oxygens (including phenoxy) is 1. The van der Waals surface area contributed by atoms with Gasteiger partial charge in [-0.25, -0.2) is 0 Å². The van der Waals surface area contributed by atoms with E-state index in [4.69, 9.17) is 22.1 Å². The molecule has 3 heteroatoms. The van der Waals surface area contributed by atoms with Crippen LogP contribution in [0.4, 0.5) is 0 Å². The third kappa shape index (κ3) is 2.40. The van der Waals surface area contributed by atoms with Crippen LogP contribution in [0.5, 0.6) is 5.75 Å². The molecule has 2 N–H and O–H groups in total. The number of rotatable bonds is 4. The first-order chi connectivity index (χ1) is 6.72. The van der Waals surface area contributed by atoms with Gasteiger partial charge in [0.2, 0.25) is 0 Å². The summed E-state index contributed by atoms with van der Waals surface area (Å²) >= 11 is 6.10. The van der Waals surface area contributed by atoms with Gasteiger partial charge in [0.25, 0.3) is 0 Å². The van der Waals surface area contributed by atoms with Crippen LogP contribution >= 0.6 is 11.6 Å². The van der Waals surface area contributed by atoms with Crippen molar-refractivity contribution >= 4 is 11.6 Å². The van der Waals surface area contributed by atoms with Crippen molar-refractivity contribution in [3.63, 3.8) is 0 Å². The van der Waals surface area contributed by atoms with Crippen molar-refractivity contribution in [1.82, 2.24) is 0 Å². The fourth-order valence-corrected chi connectivity index (χ4v) is 1.77. The number of aryl methyl sites for hydroxylation is 1. The van der Waals surface area contributed by atoms with E-state index >= 15 is 0 Å². The van der Waals surface area contributed by atoms with Crippen molar-refractivity contribution in [2.75, 3.05) is 13.7 Å². The second-order valence-electron chi connectivity index (χ2n) is 3.15. The number of methoxy groups -OCH3 is 1. The minimum Gasteiger partial charge on any atom is -0.496 e.